The summed E-state index contributed by atoms with van der Waals surface area (Å²) < 4.78 is 19.5. The second-order valence-electron chi connectivity index (χ2n) is 4.44. The Bertz CT molecular complexity index is 622. The van der Waals surface area contributed by atoms with E-state index in [1.54, 1.807) is 6.07 Å². The summed E-state index contributed by atoms with van der Waals surface area (Å²) in [5.41, 5.74) is 0.810. The molecule has 0 bridgehead atoms. The molecule has 0 spiro atoms. The van der Waals surface area contributed by atoms with Crippen molar-refractivity contribution in [2.75, 3.05) is 11.9 Å². The van der Waals surface area contributed by atoms with Crippen LogP contribution < -0.4 is 10.1 Å². The highest BCUT2D eigenvalue weighted by molar-refractivity contribution is 6.30. The fraction of sp³-hybridized carbons (Fsp3) is 0.333. The molecular formula is C15H17ClFN3O. The summed E-state index contributed by atoms with van der Waals surface area (Å²) in [6.45, 7) is 4.84. The van der Waals surface area contributed by atoms with Crippen LogP contribution in [0.4, 0.5) is 10.2 Å². The second-order valence-corrected chi connectivity index (χ2v) is 4.85. The normalized spacial score (nSPS) is 10.5. The van der Waals surface area contributed by atoms with Gasteiger partial charge in [-0.1, -0.05) is 31.5 Å². The first-order chi connectivity index (χ1) is 10.2. The topological polar surface area (TPSA) is 47.0 Å². The van der Waals surface area contributed by atoms with Gasteiger partial charge in [0.15, 0.2) is 11.6 Å². The van der Waals surface area contributed by atoms with E-state index >= 15 is 0 Å². The number of benzene rings is 1. The van der Waals surface area contributed by atoms with Crippen LogP contribution in [-0.4, -0.2) is 16.5 Å². The molecule has 1 aromatic heterocycles. The van der Waals surface area contributed by atoms with Crippen molar-refractivity contribution in [3.05, 3.63) is 40.9 Å². The van der Waals surface area contributed by atoms with Gasteiger partial charge in [-0.2, -0.15) is 0 Å². The summed E-state index contributed by atoms with van der Waals surface area (Å²) in [6, 6.07) is 4.62. The van der Waals surface area contributed by atoms with Crippen molar-refractivity contribution in [2.24, 2.45) is 0 Å². The first kappa shape index (κ1) is 15.5. The van der Waals surface area contributed by atoms with Crippen molar-refractivity contribution < 1.29 is 9.13 Å². The van der Waals surface area contributed by atoms with Crippen LogP contribution in [0.1, 0.15) is 25.8 Å². The van der Waals surface area contributed by atoms with Gasteiger partial charge in [0.25, 0.3) is 0 Å². The minimum Gasteiger partial charge on any atom is -0.435 e. The molecule has 0 radical (unpaired) electrons. The molecule has 2 rings (SSSR count). The summed E-state index contributed by atoms with van der Waals surface area (Å²) >= 11 is 5.75. The Morgan fingerprint density at radius 2 is 2.10 bits per heavy atom. The standard InChI is InChI=1S/C15H17ClFN3O/c1-3-8-18-14-10(4-2)15(20-9-19-14)21-12-7-5-6-11(16)13(12)17/h5-7,9H,3-4,8H2,1-2H3,(H,18,19,20). The maximum atomic E-state index is 13.9. The molecule has 0 fully saturated rings. The van der Waals surface area contributed by atoms with Crippen molar-refractivity contribution in [3.8, 4) is 11.6 Å². The number of ether oxygens (including phenoxy) is 1. The predicted molar refractivity (Wildman–Crippen MR) is 81.7 cm³/mol. The molecule has 1 aromatic carbocycles. The summed E-state index contributed by atoms with van der Waals surface area (Å²) in [5, 5.41) is 3.23. The van der Waals surface area contributed by atoms with Crippen LogP contribution in [0.5, 0.6) is 11.6 Å². The molecule has 0 saturated heterocycles. The summed E-state index contributed by atoms with van der Waals surface area (Å²) in [6.07, 6.45) is 3.05. The minimum atomic E-state index is -0.595. The van der Waals surface area contributed by atoms with Crippen molar-refractivity contribution in [2.45, 2.75) is 26.7 Å². The lowest BCUT2D eigenvalue weighted by Crippen LogP contribution is -2.07. The van der Waals surface area contributed by atoms with Crippen LogP contribution in [0, 0.1) is 5.82 Å². The van der Waals surface area contributed by atoms with Crippen LogP contribution in [0.3, 0.4) is 0 Å². The number of hydrogen-bond donors (Lipinski definition) is 1. The van der Waals surface area contributed by atoms with Gasteiger partial charge in [-0.3, -0.25) is 0 Å². The number of rotatable bonds is 6. The molecular weight excluding hydrogens is 293 g/mol. The Morgan fingerprint density at radius 3 is 2.81 bits per heavy atom. The Kier molecular flexibility index (Phi) is 5.33. The smallest absolute Gasteiger partial charge is 0.227 e. The van der Waals surface area contributed by atoms with Crippen molar-refractivity contribution >= 4 is 17.4 Å². The molecule has 0 amide bonds. The minimum absolute atomic E-state index is 0.0175. The summed E-state index contributed by atoms with van der Waals surface area (Å²) in [4.78, 5) is 8.31. The first-order valence-corrected chi connectivity index (χ1v) is 7.24. The van der Waals surface area contributed by atoms with Crippen LogP contribution in [0.15, 0.2) is 24.5 Å². The lowest BCUT2D eigenvalue weighted by Gasteiger charge is -2.13. The van der Waals surface area contributed by atoms with Gasteiger partial charge in [0, 0.05) is 6.54 Å². The molecule has 0 aliphatic rings. The third kappa shape index (κ3) is 3.61. The number of nitrogens with zero attached hydrogens (tertiary/aromatic N) is 2. The Balaban J connectivity index is 2.33. The van der Waals surface area contributed by atoms with E-state index in [2.05, 4.69) is 22.2 Å². The van der Waals surface area contributed by atoms with Crippen molar-refractivity contribution in [1.82, 2.24) is 9.97 Å². The number of nitrogens with one attached hydrogen (secondary N) is 1. The Hall–Kier alpha value is -1.88. The molecule has 0 atom stereocenters. The van der Waals surface area contributed by atoms with Crippen LogP contribution in [-0.2, 0) is 6.42 Å². The van der Waals surface area contributed by atoms with Crippen LogP contribution in [0.25, 0.3) is 0 Å². The predicted octanol–water partition coefficient (Wildman–Crippen LogP) is 4.45. The third-order valence-electron chi connectivity index (χ3n) is 2.92. The quantitative estimate of drug-likeness (QED) is 0.856. The molecule has 6 heteroatoms. The van der Waals surface area contributed by atoms with Gasteiger partial charge in [-0.05, 0) is 25.0 Å². The van der Waals surface area contributed by atoms with Crippen LogP contribution in [0.2, 0.25) is 5.02 Å². The Morgan fingerprint density at radius 1 is 1.29 bits per heavy atom. The SMILES string of the molecule is CCCNc1ncnc(Oc2cccc(Cl)c2F)c1CC. The highest BCUT2D eigenvalue weighted by atomic mass is 35.5. The van der Waals surface area contributed by atoms with Gasteiger partial charge in [0.1, 0.15) is 12.1 Å². The Labute approximate surface area is 128 Å². The van der Waals surface area contributed by atoms with Gasteiger partial charge in [-0.25, -0.2) is 14.4 Å². The highest BCUT2D eigenvalue weighted by Crippen LogP contribution is 2.31. The van der Waals surface area contributed by atoms with E-state index in [4.69, 9.17) is 16.3 Å². The first-order valence-electron chi connectivity index (χ1n) is 6.87. The van der Waals surface area contributed by atoms with E-state index in [1.165, 1.54) is 18.5 Å². The number of anilines is 1. The molecule has 112 valence electrons. The van der Waals surface area contributed by atoms with E-state index < -0.39 is 5.82 Å². The van der Waals surface area contributed by atoms with E-state index in [-0.39, 0.29) is 10.8 Å². The molecule has 1 N–H and O–H groups in total. The average molecular weight is 310 g/mol. The average Bonchev–Trinajstić information content (AvgIpc) is 2.50. The number of aromatic nitrogens is 2. The van der Waals surface area contributed by atoms with E-state index in [0.29, 0.717) is 18.1 Å². The maximum Gasteiger partial charge on any atom is 0.227 e. The fourth-order valence-electron chi connectivity index (χ4n) is 1.87. The molecule has 1 heterocycles. The monoisotopic (exact) mass is 309 g/mol. The van der Waals surface area contributed by atoms with Gasteiger partial charge in [-0.15, -0.1) is 0 Å². The third-order valence-corrected chi connectivity index (χ3v) is 3.22. The highest BCUT2D eigenvalue weighted by Gasteiger charge is 2.14. The zero-order chi connectivity index (χ0) is 15.2. The number of halogens is 2. The van der Waals surface area contributed by atoms with Gasteiger partial charge >= 0.3 is 0 Å². The fourth-order valence-corrected chi connectivity index (χ4v) is 2.03. The number of hydrogen-bond acceptors (Lipinski definition) is 4. The van der Waals surface area contributed by atoms with E-state index in [9.17, 15) is 4.39 Å². The lowest BCUT2D eigenvalue weighted by molar-refractivity contribution is 0.422. The molecule has 0 aliphatic heterocycles. The molecule has 2 aromatic rings. The second kappa shape index (κ2) is 7.22. The molecule has 21 heavy (non-hydrogen) atoms. The van der Waals surface area contributed by atoms with Crippen molar-refractivity contribution in [3.63, 3.8) is 0 Å². The van der Waals surface area contributed by atoms with Gasteiger partial charge in [0.05, 0.1) is 10.6 Å². The molecule has 0 aliphatic carbocycles. The van der Waals surface area contributed by atoms with E-state index in [0.717, 1.165) is 18.5 Å². The molecule has 0 saturated carbocycles. The largest absolute Gasteiger partial charge is 0.435 e. The van der Waals surface area contributed by atoms with E-state index in [1.807, 2.05) is 6.92 Å². The summed E-state index contributed by atoms with van der Waals surface area (Å²) in [5.74, 6) is 0.513. The molecule has 4 nitrogen and oxygen atoms in total. The molecule has 0 unspecified atom stereocenters. The van der Waals surface area contributed by atoms with Crippen LogP contribution >= 0.6 is 11.6 Å². The maximum absolute atomic E-state index is 13.9. The van der Waals surface area contributed by atoms with Gasteiger partial charge < -0.3 is 10.1 Å². The zero-order valence-corrected chi connectivity index (χ0v) is 12.7. The van der Waals surface area contributed by atoms with Crippen molar-refractivity contribution in [1.29, 1.82) is 0 Å². The van der Waals surface area contributed by atoms with Gasteiger partial charge in [0.2, 0.25) is 5.88 Å². The summed E-state index contributed by atoms with van der Waals surface area (Å²) in [7, 11) is 0. The zero-order valence-electron chi connectivity index (χ0n) is 12.0. The lowest BCUT2D eigenvalue weighted by atomic mass is 10.2.